The van der Waals surface area contributed by atoms with Crippen LogP contribution < -0.4 is 9.80 Å². The molecule has 238 valence electrons. The zero-order valence-corrected chi connectivity index (χ0v) is 26.9. The van der Waals surface area contributed by atoms with Crippen molar-refractivity contribution in [1.29, 1.82) is 0 Å². The van der Waals surface area contributed by atoms with E-state index in [1.54, 1.807) is 16.7 Å². The van der Waals surface area contributed by atoms with Gasteiger partial charge in [0.2, 0.25) is 5.91 Å². The van der Waals surface area contributed by atoms with Crippen LogP contribution in [-0.2, 0) is 9.53 Å². The van der Waals surface area contributed by atoms with Gasteiger partial charge in [0, 0.05) is 44.4 Å². The van der Waals surface area contributed by atoms with Crippen LogP contribution in [0.15, 0.2) is 65.7 Å². The van der Waals surface area contributed by atoms with E-state index in [4.69, 9.17) is 4.74 Å². The zero-order valence-electron chi connectivity index (χ0n) is 26.9. The molecule has 0 spiro atoms. The molecule has 8 heteroatoms. The topological polar surface area (TPSA) is 70.9 Å². The molecule has 5 aliphatic rings. The molecule has 7 rings (SSSR count). The molecule has 0 N–H and O–H groups in total. The summed E-state index contributed by atoms with van der Waals surface area (Å²) < 4.78 is 8.15. The van der Waals surface area contributed by atoms with Crippen LogP contribution in [0.4, 0.5) is 16.2 Å². The minimum atomic E-state index is -0.410. The Kier molecular flexibility index (Phi) is 8.67. The molecule has 2 amide bonds. The summed E-state index contributed by atoms with van der Waals surface area (Å²) in [5.74, 6) is 0.576. The molecule has 1 aromatic heterocycles. The van der Waals surface area contributed by atoms with Crippen LogP contribution in [0.25, 0.3) is 11.1 Å². The minimum Gasteiger partial charge on any atom is -0.410 e. The van der Waals surface area contributed by atoms with Gasteiger partial charge in [-0.15, -0.1) is 0 Å². The number of amides is 2. The summed E-state index contributed by atoms with van der Waals surface area (Å²) >= 11 is 0. The maximum absolute atomic E-state index is 13.9. The lowest BCUT2D eigenvalue weighted by Gasteiger charge is -2.40. The van der Waals surface area contributed by atoms with Gasteiger partial charge in [0.1, 0.15) is 5.76 Å². The van der Waals surface area contributed by atoms with Crippen molar-refractivity contribution in [3.05, 3.63) is 65.7 Å². The third-order valence-electron chi connectivity index (χ3n) is 10.3. The average molecular weight is 610 g/mol. The number of carbonyl (C=O) groups is 2. The number of ether oxygens (including phenoxy) is 1. The fourth-order valence-corrected chi connectivity index (χ4v) is 7.68. The lowest BCUT2D eigenvalue weighted by Crippen LogP contribution is -2.51. The molecule has 2 saturated carbocycles. The Morgan fingerprint density at radius 2 is 1.62 bits per heavy atom. The van der Waals surface area contributed by atoms with Crippen LogP contribution in [0.1, 0.15) is 96.9 Å². The quantitative estimate of drug-likeness (QED) is 0.352. The molecule has 0 saturated heterocycles. The van der Waals surface area contributed by atoms with Crippen molar-refractivity contribution in [2.45, 2.75) is 109 Å². The highest BCUT2D eigenvalue weighted by Crippen LogP contribution is 2.41. The van der Waals surface area contributed by atoms with Crippen LogP contribution >= 0.6 is 0 Å². The fraction of sp³-hybridized carbons (Fsp3) is 0.541. The Hall–Kier alpha value is -3.65. The molecule has 0 unspecified atom stereocenters. The number of aromatic nitrogens is 2. The van der Waals surface area contributed by atoms with Crippen molar-refractivity contribution >= 4 is 23.4 Å². The van der Waals surface area contributed by atoms with Gasteiger partial charge in [-0.1, -0.05) is 57.1 Å². The van der Waals surface area contributed by atoms with Crippen molar-refractivity contribution in [1.82, 2.24) is 14.7 Å². The van der Waals surface area contributed by atoms with E-state index in [1.807, 2.05) is 42.1 Å². The highest BCUT2D eigenvalue weighted by atomic mass is 16.6. The van der Waals surface area contributed by atoms with E-state index in [-0.39, 0.29) is 11.9 Å². The molecule has 0 radical (unpaired) electrons. The summed E-state index contributed by atoms with van der Waals surface area (Å²) in [6.07, 6.45) is 25.2. The summed E-state index contributed by atoms with van der Waals surface area (Å²) in [6, 6.07) is 6.90. The highest BCUT2D eigenvalue weighted by Gasteiger charge is 2.36. The van der Waals surface area contributed by atoms with Gasteiger partial charge in [-0.05, 0) is 80.0 Å². The first kappa shape index (κ1) is 30.0. The highest BCUT2D eigenvalue weighted by molar-refractivity contribution is 6.03. The number of rotatable bonds is 4. The van der Waals surface area contributed by atoms with Crippen molar-refractivity contribution in [3.8, 4) is 11.1 Å². The molecule has 1 atom stereocenters. The number of fused-ring (bicyclic) bond motifs is 2. The molecular weight excluding hydrogens is 562 g/mol. The number of hydrogen-bond donors (Lipinski definition) is 0. The first-order valence-corrected chi connectivity index (χ1v) is 17.3. The fourth-order valence-electron chi connectivity index (χ4n) is 7.68. The van der Waals surface area contributed by atoms with Gasteiger partial charge >= 0.3 is 6.09 Å². The summed E-state index contributed by atoms with van der Waals surface area (Å²) in [5, 5.41) is 4.56. The predicted octanol–water partition coefficient (Wildman–Crippen LogP) is 7.93. The van der Waals surface area contributed by atoms with Crippen molar-refractivity contribution in [2.75, 3.05) is 29.4 Å². The maximum Gasteiger partial charge on any atom is 0.419 e. The summed E-state index contributed by atoms with van der Waals surface area (Å²) in [6.45, 7) is 5.85. The van der Waals surface area contributed by atoms with Gasteiger partial charge < -0.3 is 9.64 Å². The Bertz CT molecular complexity index is 1520. The Morgan fingerprint density at radius 1 is 0.867 bits per heavy atom. The SMILES string of the molecule is CC(=O)N1c2ccc(-c3cnn(C4CC4)c3)cc2N(C(=O)OC2=CCC3=CCN(C4CCCCCCCCC4)CC3=C2)C[C@@H]1C. The van der Waals surface area contributed by atoms with E-state index >= 15 is 0 Å². The summed E-state index contributed by atoms with van der Waals surface area (Å²) in [7, 11) is 0. The van der Waals surface area contributed by atoms with Crippen LogP contribution in [-0.4, -0.2) is 58.4 Å². The first-order chi connectivity index (χ1) is 21.9. The molecule has 8 nitrogen and oxygen atoms in total. The molecule has 3 aliphatic carbocycles. The minimum absolute atomic E-state index is 0.0394. The van der Waals surface area contributed by atoms with Gasteiger partial charge in [-0.2, -0.15) is 5.10 Å². The van der Waals surface area contributed by atoms with Crippen LogP contribution in [0, 0.1) is 0 Å². The summed E-state index contributed by atoms with van der Waals surface area (Å²) in [4.78, 5) is 32.7. The lowest BCUT2D eigenvalue weighted by atomic mass is 9.90. The molecule has 2 fully saturated rings. The summed E-state index contributed by atoms with van der Waals surface area (Å²) in [5.41, 5.74) is 6.02. The van der Waals surface area contributed by atoms with E-state index in [0.717, 1.165) is 49.2 Å². The maximum atomic E-state index is 13.9. The van der Waals surface area contributed by atoms with Gasteiger partial charge in [0.25, 0.3) is 0 Å². The smallest absolute Gasteiger partial charge is 0.410 e. The van der Waals surface area contributed by atoms with Gasteiger partial charge in [-0.3, -0.25) is 19.3 Å². The van der Waals surface area contributed by atoms with E-state index in [9.17, 15) is 9.59 Å². The number of carbonyl (C=O) groups excluding carboxylic acids is 2. The Balaban J connectivity index is 1.09. The number of allylic oxidation sites excluding steroid dienone is 2. The normalized spacial score (nSPS) is 23.3. The largest absolute Gasteiger partial charge is 0.419 e. The molecule has 45 heavy (non-hydrogen) atoms. The van der Waals surface area contributed by atoms with E-state index in [1.165, 1.54) is 68.9 Å². The third-order valence-corrected chi connectivity index (χ3v) is 10.3. The lowest BCUT2D eigenvalue weighted by molar-refractivity contribution is -0.117. The van der Waals surface area contributed by atoms with E-state index in [0.29, 0.717) is 30.1 Å². The van der Waals surface area contributed by atoms with E-state index < -0.39 is 6.09 Å². The number of benzene rings is 1. The number of nitrogens with zero attached hydrogens (tertiary/aromatic N) is 5. The van der Waals surface area contributed by atoms with Crippen LogP contribution in [0.2, 0.25) is 0 Å². The van der Waals surface area contributed by atoms with Crippen LogP contribution in [0.3, 0.4) is 0 Å². The second-order valence-electron chi connectivity index (χ2n) is 13.7. The number of hydrogen-bond acceptors (Lipinski definition) is 5. The third kappa shape index (κ3) is 6.53. The zero-order chi connectivity index (χ0) is 30.9. The standard InChI is InChI=1S/C37H47N5O3/c1-26-23-40(36-21-29(13-17-35(36)42(26)27(2)43)31-22-38-41(25-31)33-14-15-33)37(44)45-34-16-12-28-18-19-39(24-30(28)20-34)32-10-8-6-4-3-5-7-9-11-32/h13,16-18,20-22,25-26,32-33H,3-12,14-15,19,23-24H2,1-2H3/t26-/m0/s1. The van der Waals surface area contributed by atoms with Crippen molar-refractivity contribution < 1.29 is 14.3 Å². The monoisotopic (exact) mass is 609 g/mol. The molecule has 0 bridgehead atoms. The number of anilines is 2. The Morgan fingerprint density at radius 3 is 2.36 bits per heavy atom. The molecule has 1 aromatic carbocycles. The molecule has 2 aliphatic heterocycles. The van der Waals surface area contributed by atoms with Crippen LogP contribution in [0.5, 0.6) is 0 Å². The van der Waals surface area contributed by atoms with Gasteiger partial charge in [0.15, 0.2) is 0 Å². The molecule has 3 heterocycles. The second kappa shape index (κ2) is 13.0. The predicted molar refractivity (Wildman–Crippen MR) is 178 cm³/mol. The molecule has 2 aromatic rings. The Labute approximate surface area is 267 Å². The van der Waals surface area contributed by atoms with Gasteiger partial charge in [-0.25, -0.2) is 4.79 Å². The first-order valence-electron chi connectivity index (χ1n) is 17.3. The van der Waals surface area contributed by atoms with Crippen molar-refractivity contribution in [3.63, 3.8) is 0 Å². The average Bonchev–Trinajstić information content (AvgIpc) is 3.78. The van der Waals surface area contributed by atoms with Crippen molar-refractivity contribution in [2.24, 2.45) is 0 Å². The second-order valence-corrected chi connectivity index (χ2v) is 13.7. The van der Waals surface area contributed by atoms with Gasteiger partial charge in [0.05, 0.1) is 29.7 Å². The molecular formula is C37H47N5O3. The van der Waals surface area contributed by atoms with E-state index in [2.05, 4.69) is 28.3 Å².